The molecule has 2 rings (SSSR count). The van der Waals surface area contributed by atoms with Gasteiger partial charge in [0, 0.05) is 19.6 Å². The number of ether oxygens (including phenoxy) is 1. The van der Waals surface area contributed by atoms with E-state index in [0.717, 1.165) is 5.69 Å². The Labute approximate surface area is 118 Å². The lowest BCUT2D eigenvalue weighted by Gasteiger charge is -2.22. The minimum absolute atomic E-state index is 0.286. The molecule has 0 amide bonds. The Bertz CT molecular complexity index is 428. The summed E-state index contributed by atoms with van der Waals surface area (Å²) in [5, 5.41) is 7.68. The first-order chi connectivity index (χ1) is 9.22. The number of esters is 1. The first-order valence-electron chi connectivity index (χ1n) is 6.71. The summed E-state index contributed by atoms with van der Waals surface area (Å²) >= 11 is 2.01. The van der Waals surface area contributed by atoms with Gasteiger partial charge in [-0.25, -0.2) is 4.79 Å². The largest absolute Gasteiger partial charge is 0.462 e. The number of aryl methyl sites for hydroxylation is 1. The molecule has 1 fully saturated rings. The highest BCUT2D eigenvalue weighted by Crippen LogP contribution is 2.18. The summed E-state index contributed by atoms with van der Waals surface area (Å²) in [5.74, 6) is 2.15. The van der Waals surface area contributed by atoms with Gasteiger partial charge in [-0.1, -0.05) is 0 Å². The summed E-state index contributed by atoms with van der Waals surface area (Å²) < 4.78 is 6.80. The van der Waals surface area contributed by atoms with Crippen molar-refractivity contribution in [2.45, 2.75) is 32.4 Å². The van der Waals surface area contributed by atoms with E-state index in [1.165, 1.54) is 24.3 Å². The van der Waals surface area contributed by atoms with Crippen LogP contribution in [-0.2, 0) is 18.3 Å². The minimum Gasteiger partial charge on any atom is -0.462 e. The lowest BCUT2D eigenvalue weighted by molar-refractivity contribution is 0.0524. The average Bonchev–Trinajstić information content (AvgIpc) is 2.79. The van der Waals surface area contributed by atoms with Crippen molar-refractivity contribution in [3.8, 4) is 0 Å². The van der Waals surface area contributed by atoms with Gasteiger partial charge in [0.15, 0.2) is 0 Å². The molecule has 0 bridgehead atoms. The molecule has 0 spiro atoms. The van der Waals surface area contributed by atoms with Gasteiger partial charge in [-0.15, -0.1) is 0 Å². The van der Waals surface area contributed by atoms with Crippen molar-refractivity contribution < 1.29 is 9.53 Å². The second-order valence-electron chi connectivity index (χ2n) is 4.62. The van der Waals surface area contributed by atoms with E-state index in [1.54, 1.807) is 10.9 Å². The first kappa shape index (κ1) is 14.4. The third-order valence-corrected chi connectivity index (χ3v) is 4.39. The van der Waals surface area contributed by atoms with Gasteiger partial charge in [-0.2, -0.15) is 16.9 Å². The molecule has 1 saturated heterocycles. The summed E-state index contributed by atoms with van der Waals surface area (Å²) in [6.45, 7) is 2.87. The first-order valence-corrected chi connectivity index (χ1v) is 7.87. The van der Waals surface area contributed by atoms with E-state index in [2.05, 4.69) is 10.4 Å². The zero-order valence-electron chi connectivity index (χ0n) is 11.5. The highest BCUT2D eigenvalue weighted by Gasteiger charge is 2.19. The third-order valence-electron chi connectivity index (χ3n) is 3.34. The molecule has 0 radical (unpaired) electrons. The fourth-order valence-corrected chi connectivity index (χ4v) is 3.30. The van der Waals surface area contributed by atoms with E-state index < -0.39 is 0 Å². The molecular formula is C13H21N3O2S. The fraction of sp³-hybridized carbons (Fsp3) is 0.692. The molecule has 1 aliphatic rings. The molecule has 0 unspecified atom stereocenters. The van der Waals surface area contributed by atoms with Crippen LogP contribution in [0.4, 0.5) is 0 Å². The summed E-state index contributed by atoms with van der Waals surface area (Å²) in [4.78, 5) is 11.8. The molecule has 0 aromatic carbocycles. The highest BCUT2D eigenvalue weighted by molar-refractivity contribution is 7.99. The van der Waals surface area contributed by atoms with Gasteiger partial charge in [0.25, 0.3) is 0 Å². The van der Waals surface area contributed by atoms with Crippen LogP contribution >= 0.6 is 11.8 Å². The Morgan fingerprint density at radius 1 is 1.58 bits per heavy atom. The number of carbonyl (C=O) groups is 1. The topological polar surface area (TPSA) is 56.1 Å². The maximum absolute atomic E-state index is 11.8. The molecule has 19 heavy (non-hydrogen) atoms. The van der Waals surface area contributed by atoms with Crippen molar-refractivity contribution in [1.82, 2.24) is 15.1 Å². The van der Waals surface area contributed by atoms with Crippen molar-refractivity contribution in [3.63, 3.8) is 0 Å². The van der Waals surface area contributed by atoms with Gasteiger partial charge in [-0.05, 0) is 31.3 Å². The standard InChI is InChI=1S/C13H21N3O2S/c1-3-18-13(17)11-8-15-16(2)12(11)9-14-10-4-6-19-7-5-10/h8,10,14H,3-7,9H2,1-2H3. The number of hydrogen-bond donors (Lipinski definition) is 1. The zero-order valence-corrected chi connectivity index (χ0v) is 12.3. The molecule has 1 aliphatic heterocycles. The van der Waals surface area contributed by atoms with Crippen LogP contribution in [-0.4, -0.2) is 39.9 Å². The van der Waals surface area contributed by atoms with Gasteiger partial charge in [0.2, 0.25) is 0 Å². The molecule has 0 saturated carbocycles. The molecule has 5 nitrogen and oxygen atoms in total. The van der Waals surface area contributed by atoms with Gasteiger partial charge >= 0.3 is 5.97 Å². The SMILES string of the molecule is CCOC(=O)c1cnn(C)c1CNC1CCSCC1. The van der Waals surface area contributed by atoms with E-state index in [-0.39, 0.29) is 5.97 Å². The van der Waals surface area contributed by atoms with Crippen LogP contribution in [0.15, 0.2) is 6.20 Å². The molecule has 2 heterocycles. The minimum atomic E-state index is -0.286. The Morgan fingerprint density at radius 3 is 3.00 bits per heavy atom. The molecule has 1 aromatic rings. The van der Waals surface area contributed by atoms with Gasteiger partial charge in [-0.3, -0.25) is 4.68 Å². The van der Waals surface area contributed by atoms with E-state index >= 15 is 0 Å². The Kier molecular flexibility index (Phi) is 5.27. The van der Waals surface area contributed by atoms with E-state index in [4.69, 9.17) is 4.74 Å². The molecule has 6 heteroatoms. The van der Waals surface area contributed by atoms with Crippen LogP contribution in [0, 0.1) is 0 Å². The molecule has 0 atom stereocenters. The van der Waals surface area contributed by atoms with E-state index in [0.29, 0.717) is 24.8 Å². The van der Waals surface area contributed by atoms with Crippen LogP contribution in [0.25, 0.3) is 0 Å². The number of nitrogens with one attached hydrogen (secondary N) is 1. The molecule has 1 N–H and O–H groups in total. The number of carbonyl (C=O) groups excluding carboxylic acids is 1. The predicted molar refractivity (Wildman–Crippen MR) is 76.4 cm³/mol. The zero-order chi connectivity index (χ0) is 13.7. The quantitative estimate of drug-likeness (QED) is 0.832. The van der Waals surface area contributed by atoms with Gasteiger partial charge in [0.05, 0.1) is 18.5 Å². The van der Waals surface area contributed by atoms with Crippen LogP contribution in [0.5, 0.6) is 0 Å². The third kappa shape index (κ3) is 3.73. The predicted octanol–water partition coefficient (Wildman–Crippen LogP) is 1.58. The fourth-order valence-electron chi connectivity index (χ4n) is 2.19. The van der Waals surface area contributed by atoms with Crippen molar-refractivity contribution in [1.29, 1.82) is 0 Å². The number of nitrogens with zero attached hydrogens (tertiary/aromatic N) is 2. The van der Waals surface area contributed by atoms with Gasteiger partial charge < -0.3 is 10.1 Å². The summed E-state index contributed by atoms with van der Waals surface area (Å²) in [5.41, 5.74) is 1.47. The maximum Gasteiger partial charge on any atom is 0.341 e. The molecular weight excluding hydrogens is 262 g/mol. The smallest absolute Gasteiger partial charge is 0.341 e. The highest BCUT2D eigenvalue weighted by atomic mass is 32.2. The maximum atomic E-state index is 11.8. The molecule has 106 valence electrons. The van der Waals surface area contributed by atoms with Crippen LogP contribution in [0.3, 0.4) is 0 Å². The van der Waals surface area contributed by atoms with E-state index in [9.17, 15) is 4.79 Å². The second kappa shape index (κ2) is 6.96. The van der Waals surface area contributed by atoms with Crippen LogP contribution in [0.2, 0.25) is 0 Å². The number of thioether (sulfide) groups is 1. The average molecular weight is 283 g/mol. The van der Waals surface area contributed by atoms with Crippen molar-refractivity contribution in [3.05, 3.63) is 17.5 Å². The number of hydrogen-bond acceptors (Lipinski definition) is 5. The monoisotopic (exact) mass is 283 g/mol. The van der Waals surface area contributed by atoms with Crippen LogP contribution < -0.4 is 5.32 Å². The Morgan fingerprint density at radius 2 is 2.32 bits per heavy atom. The molecule has 1 aromatic heterocycles. The van der Waals surface area contributed by atoms with E-state index in [1.807, 2.05) is 25.7 Å². The lowest BCUT2D eigenvalue weighted by atomic mass is 10.1. The lowest BCUT2D eigenvalue weighted by Crippen LogP contribution is -2.33. The van der Waals surface area contributed by atoms with Crippen molar-refractivity contribution >= 4 is 17.7 Å². The summed E-state index contributed by atoms with van der Waals surface area (Å²) in [7, 11) is 1.86. The normalized spacial score (nSPS) is 16.5. The molecule has 0 aliphatic carbocycles. The van der Waals surface area contributed by atoms with Gasteiger partial charge in [0.1, 0.15) is 5.56 Å². The number of aromatic nitrogens is 2. The summed E-state index contributed by atoms with van der Waals surface area (Å²) in [6.07, 6.45) is 3.97. The van der Waals surface area contributed by atoms with Crippen molar-refractivity contribution in [2.75, 3.05) is 18.1 Å². The number of rotatable bonds is 5. The second-order valence-corrected chi connectivity index (χ2v) is 5.84. The Hall–Kier alpha value is -1.01. The summed E-state index contributed by atoms with van der Waals surface area (Å²) in [6, 6.07) is 0.547. The van der Waals surface area contributed by atoms with Crippen LogP contribution in [0.1, 0.15) is 35.8 Å². The van der Waals surface area contributed by atoms with Crippen molar-refractivity contribution in [2.24, 2.45) is 7.05 Å². The Balaban J connectivity index is 1.98.